The first kappa shape index (κ1) is 33.7. The van der Waals surface area contributed by atoms with E-state index in [1.807, 2.05) is 19.1 Å². The number of methoxy groups -OCH3 is 1. The average Bonchev–Trinajstić information content (AvgIpc) is 3.74. The molecule has 248 valence electrons. The zero-order chi connectivity index (χ0) is 33.2. The Labute approximate surface area is 272 Å². The van der Waals surface area contributed by atoms with Crippen LogP contribution in [0.2, 0.25) is 0 Å². The SMILES string of the molecule is CCCOCCOCCOc1ccc(OC)c(F)c1C(=O)c1ccc(C(=O)N[C@@H]2CNC[C@H]2NC(=O)c2ccc3c(c2)CN=C3)cc1. The molecule has 1 saturated heterocycles. The molecule has 11 nitrogen and oxygen atoms in total. The molecule has 2 atom stereocenters. The molecule has 3 N–H and O–H groups in total. The Morgan fingerprint density at radius 2 is 1.45 bits per heavy atom. The Morgan fingerprint density at radius 1 is 0.830 bits per heavy atom. The predicted octanol–water partition coefficient (Wildman–Crippen LogP) is 3.32. The summed E-state index contributed by atoms with van der Waals surface area (Å²) >= 11 is 0. The third-order valence-corrected chi connectivity index (χ3v) is 7.87. The van der Waals surface area contributed by atoms with Gasteiger partial charge in [-0.05, 0) is 53.9 Å². The van der Waals surface area contributed by atoms with Crippen molar-refractivity contribution in [3.63, 3.8) is 0 Å². The van der Waals surface area contributed by atoms with Crippen LogP contribution in [0.25, 0.3) is 0 Å². The van der Waals surface area contributed by atoms with E-state index in [1.165, 1.54) is 43.5 Å². The zero-order valence-corrected chi connectivity index (χ0v) is 26.5. The Bertz CT molecular complexity index is 1610. The molecule has 0 spiro atoms. The summed E-state index contributed by atoms with van der Waals surface area (Å²) in [5.74, 6) is -2.12. The summed E-state index contributed by atoms with van der Waals surface area (Å²) in [6.45, 7) is 5.38. The number of aliphatic imine (C=N–C) groups is 1. The van der Waals surface area contributed by atoms with Crippen LogP contribution in [0.1, 0.15) is 61.1 Å². The summed E-state index contributed by atoms with van der Waals surface area (Å²) in [5.41, 5.74) is 2.73. The number of nitrogens with one attached hydrogen (secondary N) is 3. The van der Waals surface area contributed by atoms with E-state index in [0.717, 1.165) is 17.5 Å². The van der Waals surface area contributed by atoms with Gasteiger partial charge in [-0.15, -0.1) is 0 Å². The first-order valence-corrected chi connectivity index (χ1v) is 15.6. The van der Waals surface area contributed by atoms with Crippen LogP contribution in [0.4, 0.5) is 4.39 Å². The molecule has 12 heteroatoms. The van der Waals surface area contributed by atoms with E-state index in [9.17, 15) is 14.4 Å². The van der Waals surface area contributed by atoms with Gasteiger partial charge < -0.3 is 34.9 Å². The van der Waals surface area contributed by atoms with Crippen LogP contribution in [0, 0.1) is 5.82 Å². The lowest BCUT2D eigenvalue weighted by atomic mass is 10.00. The van der Waals surface area contributed by atoms with Crippen molar-refractivity contribution < 1.29 is 37.7 Å². The van der Waals surface area contributed by atoms with Crippen molar-refractivity contribution in [1.82, 2.24) is 16.0 Å². The summed E-state index contributed by atoms with van der Waals surface area (Å²) in [5, 5.41) is 9.19. The molecule has 2 aliphatic rings. The highest BCUT2D eigenvalue weighted by atomic mass is 19.1. The smallest absolute Gasteiger partial charge is 0.251 e. The molecule has 0 unspecified atom stereocenters. The van der Waals surface area contributed by atoms with Crippen LogP contribution in [0.3, 0.4) is 0 Å². The lowest BCUT2D eigenvalue weighted by molar-refractivity contribution is 0.0364. The van der Waals surface area contributed by atoms with Crippen LogP contribution < -0.4 is 25.4 Å². The van der Waals surface area contributed by atoms with Crippen molar-refractivity contribution in [2.75, 3.05) is 53.2 Å². The Kier molecular flexibility index (Phi) is 11.7. The number of hydrogen-bond acceptors (Lipinski definition) is 9. The molecule has 47 heavy (non-hydrogen) atoms. The van der Waals surface area contributed by atoms with E-state index in [-0.39, 0.29) is 59.7 Å². The second kappa shape index (κ2) is 16.3. The summed E-state index contributed by atoms with van der Waals surface area (Å²) in [6, 6.07) is 13.6. The maximum atomic E-state index is 15.4. The summed E-state index contributed by atoms with van der Waals surface area (Å²) < 4.78 is 37.0. The number of carbonyl (C=O) groups excluding carboxylic acids is 3. The van der Waals surface area contributed by atoms with E-state index in [0.29, 0.717) is 50.6 Å². The molecule has 0 radical (unpaired) electrons. The number of benzene rings is 3. The number of halogens is 1. The van der Waals surface area contributed by atoms with E-state index < -0.39 is 11.6 Å². The highest BCUT2D eigenvalue weighted by molar-refractivity contribution is 6.11. The van der Waals surface area contributed by atoms with E-state index in [2.05, 4.69) is 20.9 Å². The third-order valence-electron chi connectivity index (χ3n) is 7.87. The minimum atomic E-state index is -0.847. The van der Waals surface area contributed by atoms with Crippen molar-refractivity contribution in [3.05, 3.63) is 93.8 Å². The summed E-state index contributed by atoms with van der Waals surface area (Å²) in [6.07, 6.45) is 2.71. The minimum Gasteiger partial charge on any atom is -0.494 e. The lowest BCUT2D eigenvalue weighted by Crippen LogP contribution is -2.51. The van der Waals surface area contributed by atoms with Gasteiger partial charge in [-0.25, -0.2) is 4.39 Å². The molecule has 3 aromatic carbocycles. The van der Waals surface area contributed by atoms with Crippen molar-refractivity contribution >= 4 is 23.8 Å². The molecule has 2 amide bonds. The molecule has 0 bridgehead atoms. The van der Waals surface area contributed by atoms with E-state index >= 15 is 4.39 Å². The van der Waals surface area contributed by atoms with Gasteiger partial charge in [0.2, 0.25) is 0 Å². The summed E-state index contributed by atoms with van der Waals surface area (Å²) in [7, 11) is 1.31. The van der Waals surface area contributed by atoms with Gasteiger partial charge in [0.25, 0.3) is 11.8 Å². The van der Waals surface area contributed by atoms with Crippen LogP contribution in [0.15, 0.2) is 59.6 Å². The molecule has 0 aromatic heterocycles. The van der Waals surface area contributed by atoms with Gasteiger partial charge in [0.1, 0.15) is 17.9 Å². The normalized spacial score (nSPS) is 16.5. The Morgan fingerprint density at radius 3 is 2.15 bits per heavy atom. The number of ketones is 1. The predicted molar refractivity (Wildman–Crippen MR) is 173 cm³/mol. The van der Waals surface area contributed by atoms with E-state index in [1.54, 1.807) is 12.3 Å². The van der Waals surface area contributed by atoms with E-state index in [4.69, 9.17) is 18.9 Å². The molecular weight excluding hydrogens is 607 g/mol. The fraction of sp³-hybridized carbons (Fsp3) is 0.371. The first-order valence-electron chi connectivity index (χ1n) is 15.6. The molecule has 2 aliphatic heterocycles. The molecule has 1 fully saturated rings. The highest BCUT2D eigenvalue weighted by Crippen LogP contribution is 2.31. The molecule has 5 rings (SSSR count). The number of nitrogens with zero attached hydrogens (tertiary/aromatic N) is 1. The quantitative estimate of drug-likeness (QED) is 0.159. The van der Waals surface area contributed by atoms with Crippen molar-refractivity contribution in [3.8, 4) is 11.5 Å². The maximum absolute atomic E-state index is 15.4. The number of hydrogen-bond donors (Lipinski definition) is 3. The van der Waals surface area contributed by atoms with Gasteiger partial charge in [-0.1, -0.05) is 25.1 Å². The standard InChI is InChI=1S/C35H39FN4O7/c1-3-12-45-13-14-46-15-16-47-29-10-11-30(44-2)32(36)31(29)33(41)22-4-6-23(7-5-22)34(42)39-27-20-38-21-28(27)40-35(43)24-8-9-25-18-37-19-26(25)17-24/h4-11,17-18,27-28,38H,3,12-16,19-21H2,1-2H3,(H,39,42)(H,40,43)/t27-,28-/m1/s1. The first-order chi connectivity index (χ1) is 22.9. The zero-order valence-electron chi connectivity index (χ0n) is 26.5. The summed E-state index contributed by atoms with van der Waals surface area (Å²) in [4.78, 5) is 43.8. The lowest BCUT2D eigenvalue weighted by Gasteiger charge is -2.21. The highest BCUT2D eigenvalue weighted by Gasteiger charge is 2.31. The van der Waals surface area contributed by atoms with Crippen LogP contribution >= 0.6 is 0 Å². The largest absolute Gasteiger partial charge is 0.494 e. The fourth-order valence-corrected chi connectivity index (χ4v) is 5.36. The van der Waals surface area contributed by atoms with Gasteiger partial charge >= 0.3 is 0 Å². The van der Waals surface area contributed by atoms with Crippen LogP contribution in [0.5, 0.6) is 11.5 Å². The minimum absolute atomic E-state index is 0.0518. The van der Waals surface area contributed by atoms with Gasteiger partial charge in [0.15, 0.2) is 17.3 Å². The van der Waals surface area contributed by atoms with Crippen molar-refractivity contribution in [2.24, 2.45) is 4.99 Å². The number of rotatable bonds is 16. The van der Waals surface area contributed by atoms with Crippen LogP contribution in [-0.4, -0.2) is 89.1 Å². The molecule has 2 heterocycles. The maximum Gasteiger partial charge on any atom is 0.251 e. The number of amides is 2. The molecule has 3 aromatic rings. The Hall–Kier alpha value is -4.65. The van der Waals surface area contributed by atoms with Gasteiger partial charge in [-0.3, -0.25) is 19.4 Å². The number of carbonyl (C=O) groups is 3. The second-order valence-corrected chi connectivity index (χ2v) is 11.1. The number of fused-ring (bicyclic) bond motifs is 1. The third kappa shape index (κ3) is 8.39. The van der Waals surface area contributed by atoms with Gasteiger partial charge in [-0.2, -0.15) is 0 Å². The fourth-order valence-electron chi connectivity index (χ4n) is 5.36. The molecule has 0 saturated carbocycles. The average molecular weight is 647 g/mol. The van der Waals surface area contributed by atoms with Gasteiger partial charge in [0, 0.05) is 42.6 Å². The molecular formula is C35H39FN4O7. The second-order valence-electron chi connectivity index (χ2n) is 11.1. The van der Waals surface area contributed by atoms with Crippen molar-refractivity contribution in [1.29, 1.82) is 0 Å². The monoisotopic (exact) mass is 646 g/mol. The van der Waals surface area contributed by atoms with Gasteiger partial charge in [0.05, 0.1) is 45.6 Å². The molecule has 0 aliphatic carbocycles. The number of ether oxygens (including phenoxy) is 4. The topological polar surface area (TPSA) is 137 Å². The van der Waals surface area contributed by atoms with Crippen molar-refractivity contribution in [2.45, 2.75) is 32.0 Å². The van der Waals surface area contributed by atoms with Crippen LogP contribution in [-0.2, 0) is 16.0 Å². The Balaban J connectivity index is 1.19.